The van der Waals surface area contributed by atoms with Gasteiger partial charge in [0, 0.05) is 17.6 Å². The summed E-state index contributed by atoms with van der Waals surface area (Å²) in [6.07, 6.45) is 16.6. The minimum Gasteiger partial charge on any atom is -0.310 e. The monoisotopic (exact) mass is 288 g/mol. The highest BCUT2D eigenvalue weighted by Crippen LogP contribution is 2.58. The molecule has 6 aliphatic rings. The van der Waals surface area contributed by atoms with E-state index in [1.165, 1.54) is 51.7 Å². The summed E-state index contributed by atoms with van der Waals surface area (Å²) >= 11 is 0. The van der Waals surface area contributed by atoms with Crippen molar-refractivity contribution in [3.05, 3.63) is 0 Å². The molecule has 6 rings (SSSR count). The fourth-order valence-electron chi connectivity index (χ4n) is 7.37. The third-order valence-corrected chi connectivity index (χ3v) is 7.84. The molecule has 1 spiro atoms. The van der Waals surface area contributed by atoms with Gasteiger partial charge in [0.25, 0.3) is 0 Å². The summed E-state index contributed by atoms with van der Waals surface area (Å²) in [5.41, 5.74) is 1.14. The van der Waals surface area contributed by atoms with Gasteiger partial charge in [-0.25, -0.2) is 0 Å². The highest BCUT2D eigenvalue weighted by molar-refractivity contribution is 5.10. The quantitative estimate of drug-likeness (QED) is 0.793. The molecule has 0 aromatic rings. The molecule has 2 nitrogen and oxygen atoms in total. The molecule has 0 radical (unpaired) electrons. The maximum atomic E-state index is 3.98. The van der Waals surface area contributed by atoms with Crippen molar-refractivity contribution < 1.29 is 0 Å². The zero-order chi connectivity index (χ0) is 13.9. The molecule has 0 unspecified atom stereocenters. The van der Waals surface area contributed by atoms with Gasteiger partial charge in [0.2, 0.25) is 0 Å². The van der Waals surface area contributed by atoms with Crippen molar-refractivity contribution in [2.24, 2.45) is 17.8 Å². The zero-order valence-corrected chi connectivity index (χ0v) is 13.6. The SMILES string of the molecule is C1CNC2(CCCC2)CN(C23CC4CC(CC(C4)C2)C3)C1. The molecule has 0 amide bonds. The van der Waals surface area contributed by atoms with Crippen LogP contribution in [0.1, 0.15) is 70.6 Å². The summed E-state index contributed by atoms with van der Waals surface area (Å²) in [6.45, 7) is 4.02. The molecule has 1 heterocycles. The molecular formula is C19H32N2. The van der Waals surface area contributed by atoms with Gasteiger partial charge in [0.1, 0.15) is 0 Å². The van der Waals surface area contributed by atoms with E-state index in [4.69, 9.17) is 0 Å². The lowest BCUT2D eigenvalue weighted by atomic mass is 9.52. The van der Waals surface area contributed by atoms with Crippen molar-refractivity contribution in [3.8, 4) is 0 Å². The van der Waals surface area contributed by atoms with E-state index < -0.39 is 0 Å². The Morgan fingerprint density at radius 1 is 0.810 bits per heavy atom. The second-order valence-electron chi connectivity index (χ2n) is 9.33. The third kappa shape index (κ3) is 2.12. The van der Waals surface area contributed by atoms with Crippen molar-refractivity contribution in [2.75, 3.05) is 19.6 Å². The standard InChI is InChI=1S/C19H32N2/c1-2-5-18(4-1)14-21(7-3-6-20-18)19-11-15-8-16(12-19)10-17(9-15)13-19/h15-17,20H,1-14H2. The van der Waals surface area contributed by atoms with Crippen LogP contribution in [0.2, 0.25) is 0 Å². The largest absolute Gasteiger partial charge is 0.310 e. The second-order valence-corrected chi connectivity index (χ2v) is 9.33. The predicted octanol–water partition coefficient (Wildman–Crippen LogP) is 3.56. The van der Waals surface area contributed by atoms with Crippen LogP contribution in [0.4, 0.5) is 0 Å². The molecule has 5 aliphatic carbocycles. The average molecular weight is 288 g/mol. The van der Waals surface area contributed by atoms with Gasteiger partial charge in [-0.05, 0) is 88.6 Å². The molecule has 1 aliphatic heterocycles. The third-order valence-electron chi connectivity index (χ3n) is 7.84. The smallest absolute Gasteiger partial charge is 0.0309 e. The van der Waals surface area contributed by atoms with E-state index in [-0.39, 0.29) is 0 Å². The Labute approximate surface area is 130 Å². The Balaban J connectivity index is 1.43. The van der Waals surface area contributed by atoms with Gasteiger partial charge in [0.05, 0.1) is 0 Å². The topological polar surface area (TPSA) is 15.3 Å². The Morgan fingerprint density at radius 3 is 2.05 bits per heavy atom. The van der Waals surface area contributed by atoms with Gasteiger partial charge in [-0.3, -0.25) is 4.90 Å². The van der Waals surface area contributed by atoms with E-state index >= 15 is 0 Å². The van der Waals surface area contributed by atoms with Gasteiger partial charge in [0.15, 0.2) is 0 Å². The summed E-state index contributed by atoms with van der Waals surface area (Å²) in [7, 11) is 0. The van der Waals surface area contributed by atoms with Gasteiger partial charge < -0.3 is 5.32 Å². The molecule has 6 fully saturated rings. The zero-order valence-electron chi connectivity index (χ0n) is 13.6. The van der Waals surface area contributed by atoms with E-state index in [1.54, 1.807) is 38.5 Å². The van der Waals surface area contributed by atoms with Crippen LogP contribution in [-0.4, -0.2) is 35.6 Å². The first-order chi connectivity index (χ1) is 10.3. The maximum Gasteiger partial charge on any atom is 0.0309 e. The molecule has 118 valence electrons. The van der Waals surface area contributed by atoms with Crippen LogP contribution in [0.5, 0.6) is 0 Å². The molecule has 21 heavy (non-hydrogen) atoms. The van der Waals surface area contributed by atoms with Crippen molar-refractivity contribution >= 4 is 0 Å². The maximum absolute atomic E-state index is 3.98. The average Bonchev–Trinajstić information content (AvgIpc) is 2.77. The van der Waals surface area contributed by atoms with E-state index in [0.29, 0.717) is 11.1 Å². The van der Waals surface area contributed by atoms with E-state index in [1.807, 2.05) is 0 Å². The van der Waals surface area contributed by atoms with Crippen LogP contribution >= 0.6 is 0 Å². The molecule has 2 heteroatoms. The first kappa shape index (κ1) is 13.4. The normalized spacial score (nSPS) is 48.9. The Hall–Kier alpha value is -0.0800. The fourth-order valence-corrected chi connectivity index (χ4v) is 7.37. The van der Waals surface area contributed by atoms with Gasteiger partial charge in [-0.15, -0.1) is 0 Å². The Morgan fingerprint density at radius 2 is 1.43 bits per heavy atom. The van der Waals surface area contributed by atoms with Gasteiger partial charge in [-0.1, -0.05) is 12.8 Å². The van der Waals surface area contributed by atoms with Crippen molar-refractivity contribution in [1.82, 2.24) is 10.2 Å². The molecule has 1 N–H and O–H groups in total. The van der Waals surface area contributed by atoms with Crippen molar-refractivity contribution in [1.29, 1.82) is 0 Å². The Bertz CT molecular complexity index is 375. The number of hydrogen-bond acceptors (Lipinski definition) is 2. The van der Waals surface area contributed by atoms with Crippen molar-refractivity contribution in [2.45, 2.75) is 81.7 Å². The molecule has 5 saturated carbocycles. The summed E-state index contributed by atoms with van der Waals surface area (Å²) in [5, 5.41) is 3.98. The molecule has 0 atom stereocenters. The van der Waals surface area contributed by atoms with Crippen LogP contribution in [0.25, 0.3) is 0 Å². The number of nitrogens with one attached hydrogen (secondary N) is 1. The van der Waals surface area contributed by atoms with E-state index in [0.717, 1.165) is 17.8 Å². The fraction of sp³-hybridized carbons (Fsp3) is 1.00. The first-order valence-corrected chi connectivity index (χ1v) is 9.76. The highest BCUT2D eigenvalue weighted by Gasteiger charge is 2.54. The molecule has 4 bridgehead atoms. The summed E-state index contributed by atoms with van der Waals surface area (Å²) < 4.78 is 0. The molecule has 0 aromatic carbocycles. The summed E-state index contributed by atoms with van der Waals surface area (Å²) in [5.74, 6) is 3.27. The lowest BCUT2D eigenvalue weighted by Crippen LogP contribution is -2.63. The van der Waals surface area contributed by atoms with E-state index in [9.17, 15) is 0 Å². The molecular weight excluding hydrogens is 256 g/mol. The van der Waals surface area contributed by atoms with Crippen LogP contribution in [-0.2, 0) is 0 Å². The highest BCUT2D eigenvalue weighted by atomic mass is 15.3. The van der Waals surface area contributed by atoms with Crippen LogP contribution < -0.4 is 5.32 Å². The van der Waals surface area contributed by atoms with Gasteiger partial charge >= 0.3 is 0 Å². The minimum atomic E-state index is 0.500. The number of nitrogens with zero attached hydrogens (tertiary/aromatic N) is 1. The first-order valence-electron chi connectivity index (χ1n) is 9.76. The van der Waals surface area contributed by atoms with Crippen LogP contribution in [0.15, 0.2) is 0 Å². The van der Waals surface area contributed by atoms with Gasteiger partial charge in [-0.2, -0.15) is 0 Å². The molecule has 1 saturated heterocycles. The van der Waals surface area contributed by atoms with Crippen LogP contribution in [0.3, 0.4) is 0 Å². The lowest BCUT2D eigenvalue weighted by molar-refractivity contribution is -0.0931. The Kier molecular flexibility index (Phi) is 3.00. The lowest BCUT2D eigenvalue weighted by Gasteiger charge is -2.61. The number of hydrogen-bond donors (Lipinski definition) is 1. The minimum absolute atomic E-state index is 0.500. The predicted molar refractivity (Wildman–Crippen MR) is 86.3 cm³/mol. The van der Waals surface area contributed by atoms with Crippen molar-refractivity contribution in [3.63, 3.8) is 0 Å². The number of rotatable bonds is 1. The van der Waals surface area contributed by atoms with Crippen LogP contribution in [0, 0.1) is 17.8 Å². The molecule has 0 aromatic heterocycles. The second kappa shape index (κ2) is 4.71. The summed E-state index contributed by atoms with van der Waals surface area (Å²) in [4.78, 5) is 3.03. The summed E-state index contributed by atoms with van der Waals surface area (Å²) in [6, 6.07) is 0. The van der Waals surface area contributed by atoms with E-state index in [2.05, 4.69) is 10.2 Å².